The van der Waals surface area contributed by atoms with Gasteiger partial charge in [-0.25, -0.2) is 0 Å². The molecule has 1 atom stereocenters. The Balaban J connectivity index is 2.00. The normalized spacial score (nSPS) is 21.1. The van der Waals surface area contributed by atoms with Crippen molar-refractivity contribution in [3.05, 3.63) is 0 Å². The highest BCUT2D eigenvalue weighted by Crippen LogP contribution is 2.10. The molecule has 1 amide bonds. The third-order valence-corrected chi connectivity index (χ3v) is 2.50. The number of rotatable bonds is 5. The molecule has 1 fully saturated rings. The third-order valence-electron chi connectivity index (χ3n) is 2.50. The minimum absolute atomic E-state index is 0.114. The summed E-state index contributed by atoms with van der Waals surface area (Å²) < 4.78 is 5.28. The van der Waals surface area contributed by atoms with Crippen LogP contribution in [-0.4, -0.2) is 37.7 Å². The molecule has 1 aliphatic heterocycles. The Hall–Kier alpha value is -0.610. The van der Waals surface area contributed by atoms with E-state index in [1.54, 1.807) is 0 Å². The molecule has 1 aliphatic rings. The molecule has 0 bridgehead atoms. The van der Waals surface area contributed by atoms with Gasteiger partial charge in [0.05, 0.1) is 6.61 Å². The molecular formula is C12H24N2O2. The Morgan fingerprint density at radius 2 is 2.19 bits per heavy atom. The van der Waals surface area contributed by atoms with Crippen LogP contribution in [0.4, 0.5) is 0 Å². The molecule has 0 spiro atoms. The van der Waals surface area contributed by atoms with Crippen molar-refractivity contribution in [2.45, 2.75) is 39.2 Å². The lowest BCUT2D eigenvalue weighted by Crippen LogP contribution is -2.41. The van der Waals surface area contributed by atoms with E-state index in [1.165, 1.54) is 0 Å². The molecule has 1 heterocycles. The van der Waals surface area contributed by atoms with Gasteiger partial charge in [0.2, 0.25) is 5.91 Å². The van der Waals surface area contributed by atoms with Crippen LogP contribution in [0.25, 0.3) is 0 Å². The van der Waals surface area contributed by atoms with E-state index in [0.717, 1.165) is 32.7 Å². The van der Waals surface area contributed by atoms with Crippen molar-refractivity contribution in [3.8, 4) is 0 Å². The van der Waals surface area contributed by atoms with E-state index in [2.05, 4.69) is 10.6 Å². The average molecular weight is 228 g/mol. The van der Waals surface area contributed by atoms with Gasteiger partial charge in [0.1, 0.15) is 0 Å². The monoisotopic (exact) mass is 228 g/mol. The lowest BCUT2D eigenvalue weighted by Gasteiger charge is -2.20. The Bertz CT molecular complexity index is 218. The maximum absolute atomic E-state index is 11.5. The first-order chi connectivity index (χ1) is 7.47. The van der Waals surface area contributed by atoms with Gasteiger partial charge in [-0.05, 0) is 33.1 Å². The Morgan fingerprint density at radius 3 is 2.75 bits per heavy atom. The van der Waals surface area contributed by atoms with E-state index in [0.29, 0.717) is 12.3 Å². The van der Waals surface area contributed by atoms with Crippen molar-refractivity contribution in [3.63, 3.8) is 0 Å². The molecule has 4 nitrogen and oxygen atoms in total. The van der Waals surface area contributed by atoms with E-state index in [9.17, 15) is 4.79 Å². The predicted molar refractivity (Wildman–Crippen MR) is 64.3 cm³/mol. The van der Waals surface area contributed by atoms with E-state index in [4.69, 9.17) is 4.74 Å². The summed E-state index contributed by atoms with van der Waals surface area (Å²) in [4.78, 5) is 11.5. The van der Waals surface area contributed by atoms with Gasteiger partial charge in [-0.2, -0.15) is 0 Å². The number of nitrogens with one attached hydrogen (secondary N) is 2. The summed E-state index contributed by atoms with van der Waals surface area (Å²) in [5.41, 5.74) is -0.129. The average Bonchev–Trinajstić information content (AvgIpc) is 2.62. The van der Waals surface area contributed by atoms with Crippen LogP contribution < -0.4 is 10.6 Å². The number of hydrogen-bond donors (Lipinski definition) is 2. The van der Waals surface area contributed by atoms with Crippen LogP contribution in [-0.2, 0) is 9.53 Å². The molecule has 0 aromatic carbocycles. The second kappa shape index (κ2) is 6.21. The van der Waals surface area contributed by atoms with Gasteiger partial charge in [-0.15, -0.1) is 0 Å². The number of hydrogen-bond acceptors (Lipinski definition) is 3. The van der Waals surface area contributed by atoms with Crippen molar-refractivity contribution in [1.82, 2.24) is 10.6 Å². The fraction of sp³-hybridized carbons (Fsp3) is 0.917. The molecule has 1 saturated heterocycles. The summed E-state index contributed by atoms with van der Waals surface area (Å²) >= 11 is 0. The van der Waals surface area contributed by atoms with Crippen LogP contribution in [0.2, 0.25) is 0 Å². The maximum atomic E-state index is 11.5. The number of carbonyl (C=O) groups is 1. The Labute approximate surface area is 98.1 Å². The third kappa shape index (κ3) is 6.08. The van der Waals surface area contributed by atoms with Gasteiger partial charge in [0.15, 0.2) is 0 Å². The number of carbonyl (C=O) groups excluding carboxylic acids is 1. The number of amides is 1. The molecule has 2 N–H and O–H groups in total. The zero-order chi connectivity index (χ0) is 12.0. The lowest BCUT2D eigenvalue weighted by molar-refractivity contribution is -0.122. The largest absolute Gasteiger partial charge is 0.381 e. The van der Waals surface area contributed by atoms with Crippen molar-refractivity contribution in [2.24, 2.45) is 5.92 Å². The van der Waals surface area contributed by atoms with Gasteiger partial charge >= 0.3 is 0 Å². The Morgan fingerprint density at radius 1 is 1.44 bits per heavy atom. The van der Waals surface area contributed by atoms with Gasteiger partial charge in [-0.1, -0.05) is 0 Å². The topological polar surface area (TPSA) is 50.4 Å². The molecule has 4 heteroatoms. The van der Waals surface area contributed by atoms with Gasteiger partial charge in [0, 0.05) is 31.7 Å². The van der Waals surface area contributed by atoms with Crippen molar-refractivity contribution in [2.75, 3.05) is 26.3 Å². The quantitative estimate of drug-likeness (QED) is 0.688. The lowest BCUT2D eigenvalue weighted by atomic mass is 10.1. The summed E-state index contributed by atoms with van der Waals surface area (Å²) in [6.45, 7) is 9.44. The van der Waals surface area contributed by atoms with Crippen LogP contribution >= 0.6 is 0 Å². The Kier molecular flexibility index (Phi) is 5.22. The van der Waals surface area contributed by atoms with E-state index in [1.807, 2.05) is 20.8 Å². The van der Waals surface area contributed by atoms with Crippen molar-refractivity contribution in [1.29, 1.82) is 0 Å². The zero-order valence-corrected chi connectivity index (χ0v) is 10.6. The minimum atomic E-state index is -0.129. The van der Waals surface area contributed by atoms with Crippen LogP contribution in [0.3, 0.4) is 0 Å². The summed E-state index contributed by atoms with van der Waals surface area (Å²) in [6, 6.07) is 0. The number of ether oxygens (including phenoxy) is 1. The second-order valence-electron chi connectivity index (χ2n) is 5.48. The molecule has 0 aliphatic carbocycles. The summed E-state index contributed by atoms with van der Waals surface area (Å²) in [5, 5.41) is 6.25. The summed E-state index contributed by atoms with van der Waals surface area (Å²) in [7, 11) is 0. The molecule has 1 unspecified atom stereocenters. The first kappa shape index (κ1) is 13.5. The maximum Gasteiger partial charge on any atom is 0.221 e. The minimum Gasteiger partial charge on any atom is -0.381 e. The zero-order valence-electron chi connectivity index (χ0n) is 10.6. The molecule has 0 aromatic heterocycles. The van der Waals surface area contributed by atoms with Crippen molar-refractivity contribution < 1.29 is 9.53 Å². The molecule has 0 aromatic rings. The van der Waals surface area contributed by atoms with Crippen molar-refractivity contribution >= 4 is 5.91 Å². The van der Waals surface area contributed by atoms with Crippen LogP contribution in [0.15, 0.2) is 0 Å². The fourth-order valence-electron chi connectivity index (χ4n) is 1.73. The fourth-order valence-corrected chi connectivity index (χ4v) is 1.73. The van der Waals surface area contributed by atoms with Gasteiger partial charge in [-0.3, -0.25) is 4.79 Å². The smallest absolute Gasteiger partial charge is 0.221 e. The van der Waals surface area contributed by atoms with E-state index >= 15 is 0 Å². The van der Waals surface area contributed by atoms with Gasteiger partial charge < -0.3 is 15.4 Å². The molecule has 0 radical (unpaired) electrons. The molecule has 94 valence electrons. The van der Waals surface area contributed by atoms with Crippen LogP contribution in [0.1, 0.15) is 33.6 Å². The van der Waals surface area contributed by atoms with E-state index in [-0.39, 0.29) is 11.4 Å². The first-order valence-electron chi connectivity index (χ1n) is 6.07. The van der Waals surface area contributed by atoms with E-state index < -0.39 is 0 Å². The van der Waals surface area contributed by atoms with Gasteiger partial charge in [0.25, 0.3) is 0 Å². The highest BCUT2D eigenvalue weighted by atomic mass is 16.5. The summed E-state index contributed by atoms with van der Waals surface area (Å²) in [6.07, 6.45) is 1.69. The SMILES string of the molecule is CC(C)(C)NC(=O)CCNCC1CCOC1. The predicted octanol–water partition coefficient (Wildman–Crippen LogP) is 0.917. The second-order valence-corrected chi connectivity index (χ2v) is 5.48. The molecule has 0 saturated carbocycles. The van der Waals surface area contributed by atoms with Crippen LogP contribution in [0, 0.1) is 5.92 Å². The molecule has 1 rings (SSSR count). The summed E-state index contributed by atoms with van der Waals surface area (Å²) in [5.74, 6) is 0.744. The first-order valence-corrected chi connectivity index (χ1v) is 6.07. The molecule has 16 heavy (non-hydrogen) atoms. The van der Waals surface area contributed by atoms with Crippen LogP contribution in [0.5, 0.6) is 0 Å². The standard InChI is InChI=1S/C12H24N2O2/c1-12(2,3)14-11(15)4-6-13-8-10-5-7-16-9-10/h10,13H,4-9H2,1-3H3,(H,14,15). The highest BCUT2D eigenvalue weighted by molar-refractivity contribution is 5.76. The highest BCUT2D eigenvalue weighted by Gasteiger charge is 2.15. The molecular weight excluding hydrogens is 204 g/mol.